The molecule has 1 nitrogen and oxygen atoms in total. The molecule has 0 N–H and O–H groups in total. The molecule has 1 atom stereocenters. The molecule has 2 aliphatic rings. The minimum atomic E-state index is -0.405. The second-order valence-electron chi connectivity index (χ2n) is 10.3. The molecule has 0 aromatic heterocycles. The molecule has 1 unspecified atom stereocenters. The summed E-state index contributed by atoms with van der Waals surface area (Å²) in [6.45, 7) is 0. The van der Waals surface area contributed by atoms with Crippen molar-refractivity contribution in [1.29, 1.82) is 0 Å². The first kappa shape index (κ1) is 22.4. The number of nitrogens with zero attached hydrogens (tertiary/aromatic N) is 1. The fourth-order valence-corrected chi connectivity index (χ4v) is 7.02. The smallest absolute Gasteiger partial charge is 0.0726 e. The lowest BCUT2D eigenvalue weighted by Gasteiger charge is -2.32. The number of rotatable bonds is 3. The van der Waals surface area contributed by atoms with Crippen LogP contribution in [-0.2, 0) is 5.41 Å². The van der Waals surface area contributed by atoms with E-state index in [-0.39, 0.29) is 0 Å². The third-order valence-electron chi connectivity index (χ3n) is 8.32. The molecule has 1 spiro atoms. The standard InChI is InChI=1S/C37H24ClN/c38-25-19-22-35-32(23-25)30-16-8-10-18-34(30)37(35)33-17-9-7-15-29(33)31-21-20-28(24-36(31)37)39(26-11-3-1-4-12-26)27-13-5-2-6-14-27/h1-24H. The predicted octanol–water partition coefficient (Wildman–Crippen LogP) is 10.2. The van der Waals surface area contributed by atoms with Crippen LogP contribution in [0.15, 0.2) is 146 Å². The van der Waals surface area contributed by atoms with Gasteiger partial charge in [-0.1, -0.05) is 109 Å². The monoisotopic (exact) mass is 517 g/mol. The van der Waals surface area contributed by atoms with Crippen LogP contribution in [0.5, 0.6) is 0 Å². The molecule has 0 fully saturated rings. The molecule has 0 saturated carbocycles. The molecule has 0 radical (unpaired) electrons. The minimum absolute atomic E-state index is 0.405. The Morgan fingerprint density at radius 2 is 0.897 bits per heavy atom. The van der Waals surface area contributed by atoms with E-state index in [1.54, 1.807) is 0 Å². The van der Waals surface area contributed by atoms with Crippen LogP contribution >= 0.6 is 11.6 Å². The van der Waals surface area contributed by atoms with E-state index < -0.39 is 5.41 Å². The average Bonchev–Trinajstić information content (AvgIpc) is 3.45. The highest BCUT2D eigenvalue weighted by atomic mass is 35.5. The Hall–Kier alpha value is -4.59. The van der Waals surface area contributed by atoms with Gasteiger partial charge in [-0.05, 0) is 93.0 Å². The van der Waals surface area contributed by atoms with Crippen LogP contribution < -0.4 is 4.90 Å². The van der Waals surface area contributed by atoms with Crippen LogP contribution in [0.4, 0.5) is 17.1 Å². The summed E-state index contributed by atoms with van der Waals surface area (Å²) in [5, 5.41) is 0.764. The molecule has 0 saturated heterocycles. The molecule has 0 bridgehead atoms. The van der Waals surface area contributed by atoms with E-state index in [9.17, 15) is 0 Å². The zero-order valence-corrected chi connectivity index (χ0v) is 21.9. The summed E-state index contributed by atoms with van der Waals surface area (Å²) >= 11 is 6.58. The van der Waals surface area contributed by atoms with Crippen LogP contribution in [0, 0.1) is 0 Å². The molecule has 0 heterocycles. The van der Waals surface area contributed by atoms with Gasteiger partial charge in [0, 0.05) is 22.1 Å². The summed E-state index contributed by atoms with van der Waals surface area (Å²) in [7, 11) is 0. The summed E-state index contributed by atoms with van der Waals surface area (Å²) in [5.74, 6) is 0. The largest absolute Gasteiger partial charge is 0.310 e. The number of hydrogen-bond acceptors (Lipinski definition) is 1. The summed E-state index contributed by atoms with van der Waals surface area (Å²) in [5.41, 5.74) is 13.3. The molecule has 184 valence electrons. The number of para-hydroxylation sites is 2. The average molecular weight is 518 g/mol. The Kier molecular flexibility index (Phi) is 4.86. The molecular formula is C37H24ClN. The molecule has 0 amide bonds. The lowest BCUT2D eigenvalue weighted by Crippen LogP contribution is -2.26. The van der Waals surface area contributed by atoms with Crippen molar-refractivity contribution in [2.45, 2.75) is 5.41 Å². The molecule has 2 heteroatoms. The zero-order chi connectivity index (χ0) is 26.0. The van der Waals surface area contributed by atoms with E-state index in [1.165, 1.54) is 44.5 Å². The van der Waals surface area contributed by atoms with Gasteiger partial charge in [-0.25, -0.2) is 0 Å². The third kappa shape index (κ3) is 3.08. The lowest BCUT2D eigenvalue weighted by molar-refractivity contribution is 0.793. The lowest BCUT2D eigenvalue weighted by atomic mass is 9.70. The van der Waals surface area contributed by atoms with E-state index in [2.05, 4.69) is 144 Å². The number of halogens is 1. The predicted molar refractivity (Wildman–Crippen MR) is 162 cm³/mol. The maximum absolute atomic E-state index is 6.58. The van der Waals surface area contributed by atoms with E-state index >= 15 is 0 Å². The van der Waals surface area contributed by atoms with Crippen molar-refractivity contribution < 1.29 is 0 Å². The van der Waals surface area contributed by atoms with Crippen LogP contribution in [0.3, 0.4) is 0 Å². The summed E-state index contributed by atoms with van der Waals surface area (Å²) in [6, 6.07) is 52.4. The Balaban J connectivity index is 1.46. The molecule has 6 aromatic rings. The molecule has 0 aliphatic heterocycles. The highest BCUT2D eigenvalue weighted by Gasteiger charge is 2.51. The summed E-state index contributed by atoms with van der Waals surface area (Å²) in [6.07, 6.45) is 0. The Labute approximate surface area is 233 Å². The third-order valence-corrected chi connectivity index (χ3v) is 8.56. The Bertz CT molecular complexity index is 1840. The second kappa shape index (κ2) is 8.46. The van der Waals surface area contributed by atoms with E-state index in [0.29, 0.717) is 0 Å². The van der Waals surface area contributed by atoms with Gasteiger partial charge in [0.05, 0.1) is 5.41 Å². The highest BCUT2D eigenvalue weighted by molar-refractivity contribution is 6.31. The van der Waals surface area contributed by atoms with Crippen LogP contribution in [0.2, 0.25) is 5.02 Å². The Morgan fingerprint density at radius 1 is 0.385 bits per heavy atom. The first-order valence-corrected chi connectivity index (χ1v) is 13.7. The van der Waals surface area contributed by atoms with Crippen molar-refractivity contribution in [3.8, 4) is 22.3 Å². The summed E-state index contributed by atoms with van der Waals surface area (Å²) < 4.78 is 0. The van der Waals surface area contributed by atoms with Gasteiger partial charge in [-0.15, -0.1) is 0 Å². The fraction of sp³-hybridized carbons (Fsp3) is 0.0270. The summed E-state index contributed by atoms with van der Waals surface area (Å²) in [4.78, 5) is 2.35. The first-order chi connectivity index (χ1) is 19.3. The quantitative estimate of drug-likeness (QED) is 0.225. The molecular weight excluding hydrogens is 494 g/mol. The van der Waals surface area contributed by atoms with Crippen molar-refractivity contribution in [1.82, 2.24) is 0 Å². The van der Waals surface area contributed by atoms with Crippen molar-refractivity contribution >= 4 is 28.7 Å². The van der Waals surface area contributed by atoms with Gasteiger partial charge < -0.3 is 4.90 Å². The maximum atomic E-state index is 6.58. The SMILES string of the molecule is Clc1ccc2c(c1)-c1ccccc1C21c2ccccc2-c2ccc(N(c3ccccc3)c3ccccc3)cc21. The number of anilines is 3. The molecule has 8 rings (SSSR count). The van der Waals surface area contributed by atoms with E-state index in [1.807, 2.05) is 6.07 Å². The molecule has 2 aliphatic carbocycles. The van der Waals surface area contributed by atoms with Crippen molar-refractivity contribution in [2.75, 3.05) is 4.90 Å². The molecule has 6 aromatic carbocycles. The van der Waals surface area contributed by atoms with E-state index in [4.69, 9.17) is 11.6 Å². The Morgan fingerprint density at radius 3 is 1.54 bits per heavy atom. The van der Waals surface area contributed by atoms with Crippen molar-refractivity contribution in [3.05, 3.63) is 173 Å². The number of hydrogen-bond donors (Lipinski definition) is 0. The number of fused-ring (bicyclic) bond motifs is 10. The van der Waals surface area contributed by atoms with Crippen LogP contribution in [-0.4, -0.2) is 0 Å². The van der Waals surface area contributed by atoms with Crippen LogP contribution in [0.1, 0.15) is 22.3 Å². The van der Waals surface area contributed by atoms with Gasteiger partial charge in [0.15, 0.2) is 0 Å². The normalized spacial score (nSPS) is 15.9. The van der Waals surface area contributed by atoms with Crippen molar-refractivity contribution in [3.63, 3.8) is 0 Å². The topological polar surface area (TPSA) is 3.24 Å². The molecule has 39 heavy (non-hydrogen) atoms. The van der Waals surface area contributed by atoms with E-state index in [0.717, 1.165) is 22.1 Å². The first-order valence-electron chi connectivity index (χ1n) is 13.3. The van der Waals surface area contributed by atoms with Gasteiger partial charge in [0.2, 0.25) is 0 Å². The maximum Gasteiger partial charge on any atom is 0.0726 e. The zero-order valence-electron chi connectivity index (χ0n) is 21.2. The van der Waals surface area contributed by atoms with Crippen LogP contribution in [0.25, 0.3) is 22.3 Å². The van der Waals surface area contributed by atoms with Gasteiger partial charge in [-0.2, -0.15) is 0 Å². The van der Waals surface area contributed by atoms with Gasteiger partial charge >= 0.3 is 0 Å². The fourth-order valence-electron chi connectivity index (χ4n) is 6.84. The van der Waals surface area contributed by atoms with Crippen molar-refractivity contribution in [2.24, 2.45) is 0 Å². The number of benzene rings is 6. The van der Waals surface area contributed by atoms with Gasteiger partial charge in [0.1, 0.15) is 0 Å². The minimum Gasteiger partial charge on any atom is -0.310 e. The van der Waals surface area contributed by atoms with Gasteiger partial charge in [-0.3, -0.25) is 0 Å². The second-order valence-corrected chi connectivity index (χ2v) is 10.7. The highest BCUT2D eigenvalue weighted by Crippen LogP contribution is 2.63. The van der Waals surface area contributed by atoms with Gasteiger partial charge in [0.25, 0.3) is 0 Å².